The fourth-order valence-corrected chi connectivity index (χ4v) is 2.94. The molecule has 110 valence electrons. The second-order valence-electron chi connectivity index (χ2n) is 5.70. The van der Waals surface area contributed by atoms with Gasteiger partial charge in [-0.15, -0.1) is 0 Å². The summed E-state index contributed by atoms with van der Waals surface area (Å²) in [6.45, 7) is 5.71. The van der Waals surface area contributed by atoms with Crippen molar-refractivity contribution in [1.82, 2.24) is 0 Å². The molecule has 0 bridgehead atoms. The Balaban J connectivity index is 2.33. The van der Waals surface area contributed by atoms with Crippen LogP contribution in [0.25, 0.3) is 0 Å². The number of aliphatic hydroxyl groups is 1. The summed E-state index contributed by atoms with van der Waals surface area (Å²) in [5.74, 6) is 0. The SMILES string of the molecule is C=CC[N@@+](C)(Cc1ccccc1)[C@H](CO)c1ccccc1. The molecule has 2 atom stereocenters. The molecule has 2 aromatic carbocycles. The van der Waals surface area contributed by atoms with Crippen molar-refractivity contribution in [3.63, 3.8) is 0 Å². The monoisotopic (exact) mass is 282 g/mol. The van der Waals surface area contributed by atoms with Crippen molar-refractivity contribution in [2.45, 2.75) is 12.6 Å². The van der Waals surface area contributed by atoms with Crippen molar-refractivity contribution in [3.05, 3.63) is 84.4 Å². The third-order valence-electron chi connectivity index (χ3n) is 4.04. The van der Waals surface area contributed by atoms with E-state index in [9.17, 15) is 5.11 Å². The highest BCUT2D eigenvalue weighted by atomic mass is 16.3. The molecule has 0 aliphatic carbocycles. The van der Waals surface area contributed by atoms with E-state index >= 15 is 0 Å². The highest BCUT2D eigenvalue weighted by Crippen LogP contribution is 2.29. The predicted octanol–water partition coefficient (Wildman–Crippen LogP) is 3.55. The zero-order valence-corrected chi connectivity index (χ0v) is 12.7. The second kappa shape index (κ2) is 7.21. The summed E-state index contributed by atoms with van der Waals surface area (Å²) in [4.78, 5) is 0. The first-order valence-electron chi connectivity index (χ1n) is 7.34. The molecular formula is C19H24NO+. The van der Waals surface area contributed by atoms with Crippen molar-refractivity contribution in [1.29, 1.82) is 0 Å². The van der Waals surface area contributed by atoms with Crippen LogP contribution in [0.4, 0.5) is 0 Å². The van der Waals surface area contributed by atoms with Crippen molar-refractivity contribution in [2.24, 2.45) is 0 Å². The van der Waals surface area contributed by atoms with Gasteiger partial charge >= 0.3 is 0 Å². The van der Waals surface area contributed by atoms with Gasteiger partial charge in [-0.2, -0.15) is 0 Å². The summed E-state index contributed by atoms with van der Waals surface area (Å²) in [7, 11) is 2.18. The van der Waals surface area contributed by atoms with E-state index in [1.165, 1.54) is 11.1 Å². The molecule has 0 aliphatic heterocycles. The van der Waals surface area contributed by atoms with Gasteiger partial charge < -0.3 is 9.59 Å². The molecule has 0 saturated carbocycles. The maximum Gasteiger partial charge on any atom is 0.138 e. The maximum atomic E-state index is 9.97. The number of nitrogens with zero attached hydrogens (tertiary/aromatic N) is 1. The first-order valence-corrected chi connectivity index (χ1v) is 7.34. The standard InChI is InChI=1S/C19H24NO/c1-3-14-20(2,15-17-10-6-4-7-11-17)19(16-21)18-12-8-5-9-13-18/h3-13,19,21H,1,14-16H2,2H3/q+1/t19-,20+/m1/s1. The lowest BCUT2D eigenvalue weighted by molar-refractivity contribution is -0.947. The smallest absolute Gasteiger partial charge is 0.138 e. The Kier molecular flexibility index (Phi) is 5.32. The van der Waals surface area contributed by atoms with Crippen molar-refractivity contribution in [3.8, 4) is 0 Å². The third kappa shape index (κ3) is 3.81. The topological polar surface area (TPSA) is 20.2 Å². The van der Waals surface area contributed by atoms with Gasteiger partial charge in [0.2, 0.25) is 0 Å². The van der Waals surface area contributed by atoms with Crippen LogP contribution in [-0.2, 0) is 6.54 Å². The average Bonchev–Trinajstić information content (AvgIpc) is 2.50. The Labute approximate surface area is 127 Å². The molecule has 0 aliphatic rings. The van der Waals surface area contributed by atoms with Crippen LogP contribution < -0.4 is 0 Å². The van der Waals surface area contributed by atoms with Crippen molar-refractivity contribution < 1.29 is 9.59 Å². The summed E-state index contributed by atoms with van der Waals surface area (Å²) in [6, 6.07) is 20.7. The first kappa shape index (κ1) is 15.5. The Morgan fingerprint density at radius 1 is 1.05 bits per heavy atom. The van der Waals surface area contributed by atoms with E-state index in [4.69, 9.17) is 0 Å². The molecule has 0 unspecified atom stereocenters. The molecule has 0 heterocycles. The van der Waals surface area contributed by atoms with Crippen LogP contribution in [0.15, 0.2) is 73.3 Å². The quantitative estimate of drug-likeness (QED) is 0.608. The molecule has 0 radical (unpaired) electrons. The Bertz CT molecular complexity index is 552. The number of aliphatic hydroxyl groups excluding tert-OH is 1. The molecule has 2 rings (SSSR count). The minimum Gasteiger partial charge on any atom is -0.390 e. The van der Waals surface area contributed by atoms with Crippen LogP contribution in [-0.4, -0.2) is 29.8 Å². The van der Waals surface area contributed by atoms with Crippen LogP contribution in [0.5, 0.6) is 0 Å². The van der Waals surface area contributed by atoms with Gasteiger partial charge in [-0.3, -0.25) is 0 Å². The van der Waals surface area contributed by atoms with Gasteiger partial charge in [-0.1, -0.05) is 67.2 Å². The molecule has 0 aromatic heterocycles. The number of quaternary nitrogens is 1. The van der Waals surface area contributed by atoms with Crippen molar-refractivity contribution in [2.75, 3.05) is 20.2 Å². The highest BCUT2D eigenvalue weighted by Gasteiger charge is 2.32. The Morgan fingerprint density at radius 2 is 1.62 bits per heavy atom. The van der Waals surface area contributed by atoms with Gasteiger partial charge in [0.1, 0.15) is 12.6 Å². The fraction of sp³-hybridized carbons (Fsp3) is 0.263. The number of likely N-dealkylation sites (N-methyl/N-ethyl adjacent to an activating group) is 1. The predicted molar refractivity (Wildman–Crippen MR) is 87.7 cm³/mol. The van der Waals surface area contributed by atoms with E-state index in [1.54, 1.807) is 0 Å². The number of benzene rings is 2. The van der Waals surface area contributed by atoms with Gasteiger partial charge in [0.15, 0.2) is 0 Å². The van der Waals surface area contributed by atoms with E-state index in [1.807, 2.05) is 30.3 Å². The van der Waals surface area contributed by atoms with Gasteiger partial charge in [0.25, 0.3) is 0 Å². The summed E-state index contributed by atoms with van der Waals surface area (Å²) < 4.78 is 0.716. The third-order valence-corrected chi connectivity index (χ3v) is 4.04. The summed E-state index contributed by atoms with van der Waals surface area (Å²) in [5, 5.41) is 9.97. The van der Waals surface area contributed by atoms with Gasteiger partial charge in [-0.05, 0) is 6.08 Å². The van der Waals surface area contributed by atoms with E-state index in [0.29, 0.717) is 4.48 Å². The zero-order valence-electron chi connectivity index (χ0n) is 12.7. The molecular weight excluding hydrogens is 258 g/mol. The fourth-order valence-electron chi connectivity index (χ4n) is 2.94. The van der Waals surface area contributed by atoms with Gasteiger partial charge in [0.05, 0.1) is 20.2 Å². The summed E-state index contributed by atoms with van der Waals surface area (Å²) >= 11 is 0. The minimum atomic E-state index is 0.0457. The molecule has 2 heteroatoms. The second-order valence-corrected chi connectivity index (χ2v) is 5.70. The van der Waals surface area contributed by atoms with Crippen LogP contribution >= 0.6 is 0 Å². The molecule has 2 aromatic rings. The molecule has 0 fully saturated rings. The van der Waals surface area contributed by atoms with E-state index in [-0.39, 0.29) is 12.6 Å². The minimum absolute atomic E-state index is 0.0457. The summed E-state index contributed by atoms with van der Waals surface area (Å²) in [5.41, 5.74) is 2.44. The van der Waals surface area contributed by atoms with Gasteiger partial charge in [-0.25, -0.2) is 0 Å². The average molecular weight is 282 g/mol. The lowest BCUT2D eigenvalue weighted by atomic mass is 10.0. The lowest BCUT2D eigenvalue weighted by Crippen LogP contribution is -2.48. The van der Waals surface area contributed by atoms with Crippen LogP contribution in [0.2, 0.25) is 0 Å². The molecule has 0 spiro atoms. The highest BCUT2D eigenvalue weighted by molar-refractivity contribution is 5.18. The maximum absolute atomic E-state index is 9.97. The Hall–Kier alpha value is -1.90. The van der Waals surface area contributed by atoms with Gasteiger partial charge in [0, 0.05) is 11.1 Å². The molecule has 0 saturated heterocycles. The molecule has 1 N–H and O–H groups in total. The molecule has 21 heavy (non-hydrogen) atoms. The largest absolute Gasteiger partial charge is 0.390 e. The molecule has 2 nitrogen and oxygen atoms in total. The molecule has 0 amide bonds. The number of hydrogen-bond donors (Lipinski definition) is 1. The van der Waals surface area contributed by atoms with Crippen LogP contribution in [0.1, 0.15) is 17.2 Å². The van der Waals surface area contributed by atoms with E-state index in [2.05, 4.69) is 50.0 Å². The van der Waals surface area contributed by atoms with E-state index < -0.39 is 0 Å². The zero-order chi connectivity index (χ0) is 15.1. The van der Waals surface area contributed by atoms with Crippen LogP contribution in [0.3, 0.4) is 0 Å². The summed E-state index contributed by atoms with van der Waals surface area (Å²) in [6.07, 6.45) is 1.94. The normalized spacial score (nSPS) is 15.1. The lowest BCUT2D eigenvalue weighted by Gasteiger charge is -2.40. The van der Waals surface area contributed by atoms with Crippen LogP contribution in [0, 0.1) is 0 Å². The van der Waals surface area contributed by atoms with E-state index in [0.717, 1.165) is 13.1 Å². The Morgan fingerprint density at radius 3 is 2.14 bits per heavy atom. The number of rotatable bonds is 7. The van der Waals surface area contributed by atoms with Crippen molar-refractivity contribution >= 4 is 0 Å². The first-order chi connectivity index (χ1) is 10.2. The number of hydrogen-bond acceptors (Lipinski definition) is 1.